The molecule has 0 unspecified atom stereocenters. The van der Waals surface area contributed by atoms with Gasteiger partial charge in [-0.3, -0.25) is 4.79 Å². The van der Waals surface area contributed by atoms with Crippen LogP contribution >= 0.6 is 0 Å². The summed E-state index contributed by atoms with van der Waals surface area (Å²) in [5, 5.41) is 0. The lowest BCUT2D eigenvalue weighted by Gasteiger charge is -2.33. The van der Waals surface area contributed by atoms with Gasteiger partial charge in [-0.25, -0.2) is 0 Å². The summed E-state index contributed by atoms with van der Waals surface area (Å²) in [6.07, 6.45) is 4.65. The Labute approximate surface area is 140 Å². The van der Waals surface area contributed by atoms with Crippen molar-refractivity contribution in [3.8, 4) is 0 Å². The number of rotatable bonds is 12. The predicted octanol–water partition coefficient (Wildman–Crippen LogP) is 6.23. The zero-order chi connectivity index (χ0) is 17.2. The first-order valence-electron chi connectivity index (χ1n) is 9.22. The van der Waals surface area contributed by atoms with E-state index in [0.29, 0.717) is 30.6 Å². The Bertz CT molecular complexity index is 267. The van der Waals surface area contributed by atoms with Crippen LogP contribution in [0.3, 0.4) is 0 Å². The van der Waals surface area contributed by atoms with E-state index in [0.717, 1.165) is 18.1 Å². The number of carbonyl (C=O) groups is 1. The molecule has 0 N–H and O–H groups in total. The lowest BCUT2D eigenvalue weighted by molar-refractivity contribution is -0.135. The summed E-state index contributed by atoms with van der Waals surface area (Å²) in [6.45, 7) is 17.4. The topological polar surface area (TPSA) is 26.3 Å². The van der Waals surface area contributed by atoms with Gasteiger partial charge in [-0.2, -0.15) is 0 Å². The van der Waals surface area contributed by atoms with Gasteiger partial charge in [-0.05, 0) is 42.3 Å². The van der Waals surface area contributed by atoms with Crippen molar-refractivity contribution in [2.45, 2.75) is 91.8 Å². The van der Waals surface area contributed by atoms with Gasteiger partial charge in [0.25, 0.3) is 14.3 Å². The van der Waals surface area contributed by atoms with E-state index in [1.54, 1.807) is 0 Å². The number of hydrogen-bond donors (Lipinski definition) is 0. The minimum atomic E-state index is -1.96. The molecule has 0 aromatic carbocycles. The van der Waals surface area contributed by atoms with Crippen LogP contribution in [0.4, 0.5) is 0 Å². The molecule has 0 saturated carbocycles. The fourth-order valence-electron chi connectivity index (χ4n) is 2.62. The fraction of sp³-hybridized carbons (Fsp3) is 0.895. The van der Waals surface area contributed by atoms with Gasteiger partial charge in [-0.15, -0.1) is 0 Å². The van der Waals surface area contributed by atoms with Crippen LogP contribution in [0, 0.1) is 24.7 Å². The van der Waals surface area contributed by atoms with Crippen molar-refractivity contribution in [2.75, 3.05) is 0 Å². The molecule has 131 valence electrons. The third kappa shape index (κ3) is 10.4. The first-order valence-corrected chi connectivity index (χ1v) is 11.7. The fourth-order valence-corrected chi connectivity index (χ4v) is 7.57. The van der Waals surface area contributed by atoms with Gasteiger partial charge in [0.1, 0.15) is 0 Å². The van der Waals surface area contributed by atoms with E-state index < -0.39 is 8.32 Å². The molecule has 0 fully saturated rings. The Morgan fingerprint density at radius 2 is 1.23 bits per heavy atom. The Morgan fingerprint density at radius 3 is 1.50 bits per heavy atom. The van der Waals surface area contributed by atoms with Crippen LogP contribution in [-0.4, -0.2) is 14.3 Å². The summed E-state index contributed by atoms with van der Waals surface area (Å²) in [4.78, 5) is 12.2. The molecule has 0 aliphatic carbocycles. The van der Waals surface area contributed by atoms with Gasteiger partial charge in [0, 0.05) is 6.42 Å². The molecule has 0 amide bonds. The van der Waals surface area contributed by atoms with Crippen LogP contribution in [0.2, 0.25) is 18.1 Å². The quantitative estimate of drug-likeness (QED) is 0.397. The standard InChI is InChI=1S/C19H39O2Si/c1-8-9-19(20)21-22(13-10-16(2)3,14-11-17(4)5)15-12-18(6)7/h16-18H,1,8-15H2,2-7H3. The summed E-state index contributed by atoms with van der Waals surface area (Å²) < 4.78 is 6.19. The summed E-state index contributed by atoms with van der Waals surface area (Å²) in [7, 11) is -1.96. The molecule has 2 nitrogen and oxygen atoms in total. The van der Waals surface area contributed by atoms with Crippen molar-refractivity contribution in [3.05, 3.63) is 6.92 Å². The predicted molar refractivity (Wildman–Crippen MR) is 99.2 cm³/mol. The van der Waals surface area contributed by atoms with Gasteiger partial charge < -0.3 is 4.43 Å². The van der Waals surface area contributed by atoms with Crippen molar-refractivity contribution in [1.29, 1.82) is 0 Å². The molecule has 0 atom stereocenters. The largest absolute Gasteiger partial charge is 0.519 e. The number of carbonyl (C=O) groups excluding carboxylic acids is 1. The van der Waals surface area contributed by atoms with E-state index in [4.69, 9.17) is 4.43 Å². The van der Waals surface area contributed by atoms with Crippen LogP contribution < -0.4 is 0 Å². The summed E-state index contributed by atoms with van der Waals surface area (Å²) in [6, 6.07) is 3.40. The molecule has 0 aliphatic heterocycles. The van der Waals surface area contributed by atoms with Gasteiger partial charge in [0.05, 0.1) is 0 Å². The minimum Gasteiger partial charge on any atom is -0.519 e. The van der Waals surface area contributed by atoms with E-state index in [1.165, 1.54) is 19.3 Å². The zero-order valence-corrected chi connectivity index (χ0v) is 16.9. The molecule has 0 saturated heterocycles. The monoisotopic (exact) mass is 327 g/mol. The Balaban J connectivity index is 5.03. The van der Waals surface area contributed by atoms with Gasteiger partial charge in [0.2, 0.25) is 0 Å². The minimum absolute atomic E-state index is 0.00191. The summed E-state index contributed by atoms with van der Waals surface area (Å²) in [5.74, 6) is 2.03. The normalized spacial score (nSPS) is 12.5. The second-order valence-corrected chi connectivity index (χ2v) is 12.1. The smallest absolute Gasteiger partial charge is 0.292 e. The third-order valence-corrected chi connectivity index (χ3v) is 8.50. The van der Waals surface area contributed by atoms with Crippen LogP contribution in [0.15, 0.2) is 0 Å². The molecular formula is C19H39O2Si. The summed E-state index contributed by atoms with van der Waals surface area (Å²) in [5.41, 5.74) is 0. The van der Waals surface area contributed by atoms with Crippen molar-refractivity contribution >= 4 is 14.3 Å². The van der Waals surface area contributed by atoms with Gasteiger partial charge >= 0.3 is 0 Å². The average molecular weight is 328 g/mol. The Morgan fingerprint density at radius 1 is 0.864 bits per heavy atom. The van der Waals surface area contributed by atoms with Crippen molar-refractivity contribution in [3.63, 3.8) is 0 Å². The van der Waals surface area contributed by atoms with Crippen molar-refractivity contribution < 1.29 is 9.22 Å². The molecule has 0 aromatic rings. The maximum absolute atomic E-state index is 12.2. The maximum atomic E-state index is 12.2. The first-order chi connectivity index (χ1) is 10.2. The van der Waals surface area contributed by atoms with Crippen LogP contribution in [0.25, 0.3) is 0 Å². The highest BCUT2D eigenvalue weighted by atomic mass is 28.4. The van der Waals surface area contributed by atoms with E-state index in [2.05, 4.69) is 48.5 Å². The van der Waals surface area contributed by atoms with Gasteiger partial charge in [0.15, 0.2) is 0 Å². The van der Waals surface area contributed by atoms with Crippen LogP contribution in [0.1, 0.15) is 73.6 Å². The van der Waals surface area contributed by atoms with Crippen molar-refractivity contribution in [2.24, 2.45) is 17.8 Å². The number of hydrogen-bond acceptors (Lipinski definition) is 2. The first kappa shape index (κ1) is 21.7. The van der Waals surface area contributed by atoms with Crippen LogP contribution in [0.5, 0.6) is 0 Å². The van der Waals surface area contributed by atoms with E-state index in [1.807, 2.05) is 0 Å². The molecule has 0 heterocycles. The Hall–Kier alpha value is -0.313. The zero-order valence-electron chi connectivity index (χ0n) is 15.9. The molecule has 0 spiro atoms. The molecule has 3 heteroatoms. The highest BCUT2D eigenvalue weighted by Crippen LogP contribution is 2.32. The molecule has 0 aromatic heterocycles. The summed E-state index contributed by atoms with van der Waals surface area (Å²) >= 11 is 0. The highest BCUT2D eigenvalue weighted by molar-refractivity contribution is 6.75. The molecule has 0 rings (SSSR count). The van der Waals surface area contributed by atoms with Gasteiger partial charge in [-0.1, -0.05) is 67.7 Å². The Kier molecular flexibility index (Phi) is 11.1. The second kappa shape index (κ2) is 11.3. The van der Waals surface area contributed by atoms with E-state index in [9.17, 15) is 4.79 Å². The lowest BCUT2D eigenvalue weighted by Crippen LogP contribution is -2.41. The molecule has 1 radical (unpaired) electrons. The van der Waals surface area contributed by atoms with Crippen LogP contribution in [-0.2, 0) is 9.22 Å². The highest BCUT2D eigenvalue weighted by Gasteiger charge is 2.37. The van der Waals surface area contributed by atoms with Crippen molar-refractivity contribution in [1.82, 2.24) is 0 Å². The van der Waals surface area contributed by atoms with E-state index >= 15 is 0 Å². The molecule has 0 bridgehead atoms. The molecule has 0 aliphatic rings. The third-order valence-electron chi connectivity index (χ3n) is 4.24. The van der Waals surface area contributed by atoms with E-state index in [-0.39, 0.29) is 5.97 Å². The average Bonchev–Trinajstić information content (AvgIpc) is 2.40. The molecule has 22 heavy (non-hydrogen) atoms. The maximum Gasteiger partial charge on any atom is 0.292 e. The SMILES string of the molecule is [CH2]CCC(=O)O[Si](CCC(C)C)(CCC(C)C)CCC(C)C. The second-order valence-electron chi connectivity index (χ2n) is 8.06. The molecular weight excluding hydrogens is 288 g/mol. The lowest BCUT2D eigenvalue weighted by atomic mass is 10.2.